The molecule has 13 nitrogen and oxygen atoms in total. The monoisotopic (exact) mass is 608 g/mol. The van der Waals surface area contributed by atoms with Gasteiger partial charge in [0.25, 0.3) is 5.91 Å². The van der Waals surface area contributed by atoms with Crippen LogP contribution in [0.4, 0.5) is 10.9 Å². The smallest absolute Gasteiger partial charge is 0.254 e. The van der Waals surface area contributed by atoms with Gasteiger partial charge in [-0.15, -0.1) is 22.7 Å². The van der Waals surface area contributed by atoms with Crippen LogP contribution in [-0.2, 0) is 11.2 Å². The molecule has 6 heterocycles. The van der Waals surface area contributed by atoms with Crippen molar-refractivity contribution in [3.05, 3.63) is 51.2 Å². The third-order valence-corrected chi connectivity index (χ3v) is 10.1. The van der Waals surface area contributed by atoms with Crippen LogP contribution in [0, 0.1) is 0 Å². The average molecular weight is 609 g/mol. The summed E-state index contributed by atoms with van der Waals surface area (Å²) in [4.78, 5) is 42.4. The number of furan rings is 1. The van der Waals surface area contributed by atoms with E-state index in [1.807, 2.05) is 0 Å². The first-order valence-electron chi connectivity index (χ1n) is 13.9. The van der Waals surface area contributed by atoms with E-state index in [9.17, 15) is 9.59 Å². The summed E-state index contributed by atoms with van der Waals surface area (Å²) < 4.78 is 13.5. The van der Waals surface area contributed by atoms with Crippen LogP contribution in [0.3, 0.4) is 0 Å². The van der Waals surface area contributed by atoms with Gasteiger partial charge in [-0.2, -0.15) is 9.61 Å². The highest BCUT2D eigenvalue weighted by Crippen LogP contribution is 2.38. The number of hydrogen-bond donors (Lipinski definition) is 3. The molecular formula is C27H30N9O4S2+. The molecule has 2 aliphatic rings. The van der Waals surface area contributed by atoms with Gasteiger partial charge >= 0.3 is 0 Å². The van der Waals surface area contributed by atoms with E-state index in [1.54, 1.807) is 18.5 Å². The Hall–Kier alpha value is -3.92. The predicted octanol–water partition coefficient (Wildman–Crippen LogP) is 1.91. The Labute approximate surface area is 247 Å². The van der Waals surface area contributed by atoms with Crippen molar-refractivity contribution >= 4 is 55.5 Å². The number of amides is 1. The number of nitrogens with zero attached hydrogens (tertiary/aromatic N) is 6. The van der Waals surface area contributed by atoms with Gasteiger partial charge in [0, 0.05) is 43.1 Å². The number of quaternary nitrogens is 1. The molecule has 1 saturated heterocycles. The first kappa shape index (κ1) is 26.9. The molecule has 2 fully saturated rings. The fraction of sp³-hybridized carbons (Fsp3) is 0.407. The third-order valence-electron chi connectivity index (χ3n) is 7.85. The van der Waals surface area contributed by atoms with Gasteiger partial charge in [0.1, 0.15) is 29.2 Å². The van der Waals surface area contributed by atoms with E-state index in [0.717, 1.165) is 58.9 Å². The van der Waals surface area contributed by atoms with Crippen LogP contribution in [0.1, 0.15) is 46.6 Å². The molecule has 0 bridgehead atoms. The fourth-order valence-electron chi connectivity index (χ4n) is 5.66. The summed E-state index contributed by atoms with van der Waals surface area (Å²) in [6.07, 6.45) is 9.36. The Bertz CT molecular complexity index is 1840. The number of primary amides is 1. The number of carbonyl (C=O) groups is 1. The van der Waals surface area contributed by atoms with E-state index >= 15 is 0 Å². The van der Waals surface area contributed by atoms with Crippen LogP contribution in [0.5, 0.6) is 0 Å². The zero-order valence-electron chi connectivity index (χ0n) is 22.7. The van der Waals surface area contributed by atoms with Gasteiger partial charge in [-0.3, -0.25) is 9.59 Å². The maximum Gasteiger partial charge on any atom is 0.254 e. The van der Waals surface area contributed by atoms with Crippen molar-refractivity contribution in [3.8, 4) is 10.6 Å². The van der Waals surface area contributed by atoms with Gasteiger partial charge in [0.15, 0.2) is 11.2 Å². The maximum absolute atomic E-state index is 12.9. The Kier molecular flexibility index (Phi) is 7.09. The van der Waals surface area contributed by atoms with Crippen LogP contribution in [-0.4, -0.2) is 68.9 Å². The predicted molar refractivity (Wildman–Crippen MR) is 159 cm³/mol. The number of aromatic nitrogens is 5. The fourth-order valence-corrected chi connectivity index (χ4v) is 7.84. The number of rotatable bonds is 7. The Morgan fingerprint density at radius 3 is 2.83 bits per heavy atom. The zero-order chi connectivity index (χ0) is 28.8. The van der Waals surface area contributed by atoms with E-state index in [-0.39, 0.29) is 23.1 Å². The summed E-state index contributed by atoms with van der Waals surface area (Å²) in [6.45, 7) is 2.72. The van der Waals surface area contributed by atoms with Crippen molar-refractivity contribution in [2.75, 3.05) is 36.5 Å². The van der Waals surface area contributed by atoms with Gasteiger partial charge in [0.2, 0.25) is 11.4 Å². The van der Waals surface area contributed by atoms with Gasteiger partial charge < -0.3 is 30.8 Å². The largest absolute Gasteiger partial charge is 0.459 e. The molecule has 1 amide bonds. The molecular weight excluding hydrogens is 578 g/mol. The second-order valence-electron chi connectivity index (χ2n) is 10.6. The maximum atomic E-state index is 12.9. The molecule has 42 heavy (non-hydrogen) atoms. The molecule has 1 aliphatic heterocycles. The second kappa shape index (κ2) is 11.1. The van der Waals surface area contributed by atoms with Crippen molar-refractivity contribution in [2.24, 2.45) is 5.73 Å². The van der Waals surface area contributed by atoms with Gasteiger partial charge in [-0.1, -0.05) is 6.42 Å². The minimum Gasteiger partial charge on any atom is -0.459 e. The summed E-state index contributed by atoms with van der Waals surface area (Å²) in [6, 6.07) is 2.02. The summed E-state index contributed by atoms with van der Waals surface area (Å²) in [5, 5.41) is 9.42. The van der Waals surface area contributed by atoms with Gasteiger partial charge in [0.05, 0.1) is 40.2 Å². The molecule has 0 aromatic carbocycles. The molecule has 6 N–H and O–H groups in total. The van der Waals surface area contributed by atoms with Crippen molar-refractivity contribution in [1.29, 1.82) is 0 Å². The van der Waals surface area contributed by atoms with Crippen molar-refractivity contribution < 1.29 is 19.7 Å². The van der Waals surface area contributed by atoms with Crippen LogP contribution < -0.4 is 27.1 Å². The normalized spacial score (nSPS) is 19.5. The molecule has 5 aromatic heterocycles. The lowest BCUT2D eigenvalue weighted by atomic mass is 9.91. The van der Waals surface area contributed by atoms with E-state index in [1.165, 1.54) is 33.5 Å². The first-order valence-corrected chi connectivity index (χ1v) is 15.5. The summed E-state index contributed by atoms with van der Waals surface area (Å²) in [7, 11) is 0. The summed E-state index contributed by atoms with van der Waals surface area (Å²) in [5.74, 6) is -0.116. The van der Waals surface area contributed by atoms with E-state index < -0.39 is 5.91 Å². The third kappa shape index (κ3) is 4.91. The standard InChI is InChI=1S/C27H29N9O4S2/c28-16-3-1-2-4-17(16)33-27-34-18(21(24(29)38)25-31-13-32-36(25)27)9-14-11-30-26(41-14)15-12-40-22-19(37)10-20(42-23(15)22)35-5-7-39-8-6-35/h10-13,16-17H,1-9,28H2,(H2,29,38)(H,33,34)/p+1/t16-,17+/m1/s1. The van der Waals surface area contributed by atoms with E-state index in [2.05, 4.69) is 31.0 Å². The molecule has 0 unspecified atom stereocenters. The highest BCUT2D eigenvalue weighted by molar-refractivity contribution is 7.23. The lowest BCUT2D eigenvalue weighted by Crippen LogP contribution is -2.68. The molecule has 0 spiro atoms. The Morgan fingerprint density at radius 2 is 2.02 bits per heavy atom. The van der Waals surface area contributed by atoms with Crippen LogP contribution in [0.15, 0.2) is 34.1 Å². The Morgan fingerprint density at radius 1 is 1.19 bits per heavy atom. The topological polar surface area (TPSA) is 181 Å². The molecule has 0 radical (unpaired) electrons. The quantitative estimate of drug-likeness (QED) is 0.247. The molecule has 15 heteroatoms. The van der Waals surface area contributed by atoms with Crippen LogP contribution in [0.25, 0.3) is 26.5 Å². The van der Waals surface area contributed by atoms with E-state index in [0.29, 0.717) is 47.5 Å². The lowest BCUT2D eigenvalue weighted by molar-refractivity contribution is -0.427. The summed E-state index contributed by atoms with van der Waals surface area (Å²) in [5.41, 5.74) is 12.1. The highest BCUT2D eigenvalue weighted by Gasteiger charge is 2.28. The zero-order valence-corrected chi connectivity index (χ0v) is 24.4. The van der Waals surface area contributed by atoms with Crippen molar-refractivity contribution in [3.63, 3.8) is 0 Å². The number of hydrogen-bond acceptors (Lipinski definition) is 12. The van der Waals surface area contributed by atoms with Gasteiger partial charge in [-0.05, 0) is 12.8 Å². The molecule has 1 aliphatic carbocycles. The molecule has 218 valence electrons. The van der Waals surface area contributed by atoms with Crippen molar-refractivity contribution in [1.82, 2.24) is 24.6 Å². The van der Waals surface area contributed by atoms with Crippen molar-refractivity contribution in [2.45, 2.75) is 44.2 Å². The number of ether oxygens (including phenoxy) is 1. The number of carbonyl (C=O) groups excluding carboxylic acids is 1. The molecule has 7 rings (SSSR count). The molecule has 5 aromatic rings. The number of nitrogens with two attached hydrogens (primary N) is 1. The molecule has 1 saturated carbocycles. The second-order valence-corrected chi connectivity index (χ2v) is 12.7. The minimum absolute atomic E-state index is 0.143. The Balaban J connectivity index is 1.23. The van der Waals surface area contributed by atoms with Crippen LogP contribution >= 0.6 is 22.7 Å². The number of fused-ring (bicyclic) bond motifs is 2. The van der Waals surface area contributed by atoms with E-state index in [4.69, 9.17) is 19.9 Å². The highest BCUT2D eigenvalue weighted by atomic mass is 32.1. The number of nitrogens with one attached hydrogen (secondary N) is 1. The lowest BCUT2D eigenvalue weighted by Gasteiger charge is -2.27. The number of thiazole rings is 1. The number of morpholine rings is 1. The first-order chi connectivity index (χ1) is 20.5. The average Bonchev–Trinajstić information content (AvgIpc) is 3.75. The molecule has 2 atom stereocenters. The summed E-state index contributed by atoms with van der Waals surface area (Å²) >= 11 is 2.97. The minimum atomic E-state index is -0.624. The van der Waals surface area contributed by atoms with Crippen LogP contribution in [0.2, 0.25) is 0 Å². The SMILES string of the molecule is NC(=O)c1c(Cc2cnc(-c3coc4c(=O)cc(N5CCOCC5)sc34)s2)nc(N[C@H]2CCCC[C@H]2[NH3+])n2ncnc12. The van der Waals surface area contributed by atoms with Gasteiger partial charge in [-0.25, -0.2) is 15.0 Å². The number of anilines is 2.